The van der Waals surface area contributed by atoms with Crippen molar-refractivity contribution < 1.29 is 9.53 Å². The molecule has 2 rings (SSSR count). The highest BCUT2D eigenvalue weighted by atomic mass is 32.2. The molecule has 1 fully saturated rings. The summed E-state index contributed by atoms with van der Waals surface area (Å²) in [5, 5.41) is 4.32. The van der Waals surface area contributed by atoms with E-state index in [0.29, 0.717) is 11.4 Å². The fraction of sp³-hybridized carbons (Fsp3) is 0.667. The van der Waals surface area contributed by atoms with Gasteiger partial charge < -0.3 is 4.74 Å². The van der Waals surface area contributed by atoms with Crippen LogP contribution in [0, 0.1) is 0 Å². The van der Waals surface area contributed by atoms with Gasteiger partial charge in [0.25, 0.3) is 0 Å². The van der Waals surface area contributed by atoms with Gasteiger partial charge in [-0.2, -0.15) is 16.9 Å². The Balaban J connectivity index is 2.34. The molecular formula is C12H18N2O2S. The van der Waals surface area contributed by atoms with Crippen molar-refractivity contribution in [2.45, 2.75) is 38.0 Å². The molecule has 0 radical (unpaired) electrons. The number of ketones is 1. The number of carbonyl (C=O) groups excluding carboxylic acids is 1. The van der Waals surface area contributed by atoms with Crippen molar-refractivity contribution in [2.75, 3.05) is 12.9 Å². The molecule has 1 aliphatic rings. The second-order valence-electron chi connectivity index (χ2n) is 4.47. The maximum Gasteiger partial charge on any atom is 0.197 e. The van der Waals surface area contributed by atoms with Gasteiger partial charge >= 0.3 is 0 Å². The average molecular weight is 254 g/mol. The minimum Gasteiger partial charge on any atom is -0.493 e. The molecule has 0 N–H and O–H groups in total. The number of rotatable bonds is 4. The lowest BCUT2D eigenvalue weighted by atomic mass is 10.1. The largest absolute Gasteiger partial charge is 0.493 e. The summed E-state index contributed by atoms with van der Waals surface area (Å²) < 4.78 is 7.01. The molecule has 0 aromatic carbocycles. The first-order valence-electron chi connectivity index (χ1n) is 5.92. The summed E-state index contributed by atoms with van der Waals surface area (Å²) in [6.45, 7) is 4.04. The summed E-state index contributed by atoms with van der Waals surface area (Å²) in [5.74, 6) is 1.83. The molecule has 0 saturated carbocycles. The highest BCUT2D eigenvalue weighted by Crippen LogP contribution is 2.32. The molecule has 1 saturated heterocycles. The zero-order chi connectivity index (χ0) is 12.4. The summed E-state index contributed by atoms with van der Waals surface area (Å²) in [7, 11) is 1.58. The number of ether oxygens (including phenoxy) is 1. The molecule has 5 heteroatoms. The molecule has 1 aromatic heterocycles. The van der Waals surface area contributed by atoms with Crippen molar-refractivity contribution in [2.24, 2.45) is 0 Å². The van der Waals surface area contributed by atoms with Crippen LogP contribution in [-0.4, -0.2) is 33.7 Å². The molecule has 17 heavy (non-hydrogen) atoms. The van der Waals surface area contributed by atoms with Gasteiger partial charge in [0.1, 0.15) is 5.69 Å². The topological polar surface area (TPSA) is 44.1 Å². The predicted molar refractivity (Wildman–Crippen MR) is 69.0 cm³/mol. The minimum atomic E-state index is 0.0816. The van der Waals surface area contributed by atoms with Crippen LogP contribution in [0.2, 0.25) is 0 Å². The molecule has 0 spiro atoms. The molecule has 1 aliphatic heterocycles. The number of thioether (sulfide) groups is 1. The first-order chi connectivity index (χ1) is 8.15. The van der Waals surface area contributed by atoms with Crippen LogP contribution in [0.25, 0.3) is 0 Å². The number of aromatic nitrogens is 2. The van der Waals surface area contributed by atoms with Crippen LogP contribution >= 0.6 is 11.8 Å². The quantitative estimate of drug-likeness (QED) is 0.775. The number of nitrogens with zero attached hydrogens (tertiary/aromatic N) is 2. The highest BCUT2D eigenvalue weighted by Gasteiger charge is 2.30. The minimum absolute atomic E-state index is 0.0816. The molecule has 0 amide bonds. The van der Waals surface area contributed by atoms with Gasteiger partial charge in [0.15, 0.2) is 11.5 Å². The van der Waals surface area contributed by atoms with Gasteiger partial charge in [-0.05, 0) is 32.4 Å². The standard InChI is InChI=1S/C12H18N2O2S/c1-8(2)14-11(9(16-3)7-13-14)12(15)10-5-4-6-17-10/h7-8,10H,4-6H2,1-3H3. The van der Waals surface area contributed by atoms with Gasteiger partial charge in [-0.3, -0.25) is 9.48 Å². The summed E-state index contributed by atoms with van der Waals surface area (Å²) in [6.07, 6.45) is 3.72. The van der Waals surface area contributed by atoms with E-state index in [9.17, 15) is 4.79 Å². The van der Waals surface area contributed by atoms with Gasteiger partial charge in [-0.25, -0.2) is 0 Å². The first kappa shape index (κ1) is 12.5. The van der Waals surface area contributed by atoms with E-state index in [0.717, 1.165) is 18.6 Å². The van der Waals surface area contributed by atoms with Crippen LogP contribution in [0.1, 0.15) is 43.2 Å². The Morgan fingerprint density at radius 2 is 2.41 bits per heavy atom. The van der Waals surface area contributed by atoms with E-state index in [1.54, 1.807) is 29.8 Å². The highest BCUT2D eigenvalue weighted by molar-refractivity contribution is 8.00. The number of methoxy groups -OCH3 is 1. The van der Waals surface area contributed by atoms with E-state index in [1.165, 1.54) is 0 Å². The zero-order valence-corrected chi connectivity index (χ0v) is 11.3. The van der Waals surface area contributed by atoms with E-state index >= 15 is 0 Å². The van der Waals surface area contributed by atoms with Gasteiger partial charge in [0.05, 0.1) is 18.6 Å². The van der Waals surface area contributed by atoms with Crippen molar-refractivity contribution in [3.8, 4) is 5.75 Å². The summed E-state index contributed by atoms with van der Waals surface area (Å²) in [5.41, 5.74) is 0.627. The predicted octanol–water partition coefficient (Wildman–Crippen LogP) is 2.55. The second kappa shape index (κ2) is 5.12. The lowest BCUT2D eigenvalue weighted by Crippen LogP contribution is -2.21. The van der Waals surface area contributed by atoms with E-state index in [-0.39, 0.29) is 17.1 Å². The second-order valence-corrected chi connectivity index (χ2v) is 5.78. The van der Waals surface area contributed by atoms with E-state index < -0.39 is 0 Å². The summed E-state index contributed by atoms with van der Waals surface area (Å²) in [6, 6.07) is 0.171. The van der Waals surface area contributed by atoms with Crippen molar-refractivity contribution in [1.29, 1.82) is 0 Å². The van der Waals surface area contributed by atoms with Crippen LogP contribution in [-0.2, 0) is 0 Å². The van der Waals surface area contributed by atoms with Crippen molar-refractivity contribution in [3.63, 3.8) is 0 Å². The van der Waals surface area contributed by atoms with Crippen molar-refractivity contribution >= 4 is 17.5 Å². The van der Waals surface area contributed by atoms with Crippen LogP contribution in [0.15, 0.2) is 6.20 Å². The Hall–Kier alpha value is -0.970. The molecule has 2 heterocycles. The zero-order valence-electron chi connectivity index (χ0n) is 10.5. The third kappa shape index (κ3) is 2.34. The van der Waals surface area contributed by atoms with E-state index in [4.69, 9.17) is 4.74 Å². The molecule has 0 bridgehead atoms. The van der Waals surface area contributed by atoms with E-state index in [2.05, 4.69) is 5.10 Å². The smallest absolute Gasteiger partial charge is 0.197 e. The Labute approximate surface area is 106 Å². The van der Waals surface area contributed by atoms with Gasteiger partial charge in [0, 0.05) is 6.04 Å². The monoisotopic (exact) mass is 254 g/mol. The summed E-state index contributed by atoms with van der Waals surface area (Å²) in [4.78, 5) is 12.5. The fourth-order valence-corrected chi connectivity index (χ4v) is 3.27. The van der Waals surface area contributed by atoms with Gasteiger partial charge in [-0.15, -0.1) is 0 Å². The van der Waals surface area contributed by atoms with Crippen LogP contribution in [0.3, 0.4) is 0 Å². The SMILES string of the molecule is COc1cnn(C(C)C)c1C(=O)C1CCCS1. The lowest BCUT2D eigenvalue weighted by Gasteiger charge is -2.13. The number of Topliss-reactive ketones (excluding diaryl/α,β-unsaturated/α-hetero) is 1. The van der Waals surface area contributed by atoms with Gasteiger partial charge in [-0.1, -0.05) is 0 Å². The maximum absolute atomic E-state index is 12.5. The molecule has 1 unspecified atom stereocenters. The third-order valence-corrected chi connectivity index (χ3v) is 4.30. The van der Waals surface area contributed by atoms with E-state index in [1.807, 2.05) is 13.8 Å². The van der Waals surface area contributed by atoms with Crippen LogP contribution < -0.4 is 4.74 Å². The number of hydrogen-bond acceptors (Lipinski definition) is 4. The fourth-order valence-electron chi connectivity index (χ4n) is 2.06. The molecular weight excluding hydrogens is 236 g/mol. The molecule has 0 aliphatic carbocycles. The number of hydrogen-bond donors (Lipinski definition) is 0. The van der Waals surface area contributed by atoms with Crippen molar-refractivity contribution in [3.05, 3.63) is 11.9 Å². The Bertz CT molecular complexity index is 409. The van der Waals surface area contributed by atoms with Crippen LogP contribution in [0.5, 0.6) is 5.75 Å². The molecule has 1 aromatic rings. The average Bonchev–Trinajstić information content (AvgIpc) is 2.96. The maximum atomic E-state index is 12.5. The lowest BCUT2D eigenvalue weighted by molar-refractivity contribution is 0.0973. The first-order valence-corrected chi connectivity index (χ1v) is 6.97. The normalized spacial score (nSPS) is 19.9. The Kier molecular flexibility index (Phi) is 3.76. The third-order valence-electron chi connectivity index (χ3n) is 2.93. The van der Waals surface area contributed by atoms with Gasteiger partial charge in [0.2, 0.25) is 0 Å². The molecule has 94 valence electrons. The number of carbonyl (C=O) groups is 1. The summed E-state index contributed by atoms with van der Waals surface area (Å²) >= 11 is 1.74. The van der Waals surface area contributed by atoms with Crippen LogP contribution in [0.4, 0.5) is 0 Å². The molecule has 1 atom stereocenters. The van der Waals surface area contributed by atoms with Crippen molar-refractivity contribution in [1.82, 2.24) is 9.78 Å². The Morgan fingerprint density at radius 3 is 2.94 bits per heavy atom. The molecule has 4 nitrogen and oxygen atoms in total. The Morgan fingerprint density at radius 1 is 1.65 bits per heavy atom.